The standard InChI is InChI=1S/C12H24N2O2/c1-4-16-11(15)10(13)6-9-14-8-5-7-12(14,2)3/h10H,4-9,13H2,1-3H3. The van der Waals surface area contributed by atoms with Gasteiger partial charge in [-0.25, -0.2) is 0 Å². The van der Waals surface area contributed by atoms with Crippen LogP contribution in [0.15, 0.2) is 0 Å². The molecule has 4 heteroatoms. The van der Waals surface area contributed by atoms with E-state index in [4.69, 9.17) is 10.5 Å². The topological polar surface area (TPSA) is 55.6 Å². The van der Waals surface area contributed by atoms with Crippen LogP contribution in [0.4, 0.5) is 0 Å². The molecule has 1 rings (SSSR count). The summed E-state index contributed by atoms with van der Waals surface area (Å²) in [5.74, 6) is -0.278. The number of carbonyl (C=O) groups excluding carboxylic acids is 1. The Balaban J connectivity index is 2.31. The molecule has 94 valence electrons. The molecule has 0 aromatic carbocycles. The molecule has 1 unspecified atom stereocenters. The van der Waals surface area contributed by atoms with E-state index in [0.29, 0.717) is 13.0 Å². The summed E-state index contributed by atoms with van der Waals surface area (Å²) in [7, 11) is 0. The summed E-state index contributed by atoms with van der Waals surface area (Å²) < 4.78 is 4.89. The largest absolute Gasteiger partial charge is 0.465 e. The van der Waals surface area contributed by atoms with Crippen molar-refractivity contribution in [2.24, 2.45) is 5.73 Å². The van der Waals surface area contributed by atoms with Crippen LogP contribution in [0.25, 0.3) is 0 Å². The van der Waals surface area contributed by atoms with Gasteiger partial charge in [0.05, 0.1) is 6.61 Å². The van der Waals surface area contributed by atoms with Gasteiger partial charge in [-0.1, -0.05) is 0 Å². The van der Waals surface area contributed by atoms with Crippen LogP contribution in [0.5, 0.6) is 0 Å². The third kappa shape index (κ3) is 3.46. The van der Waals surface area contributed by atoms with Crippen molar-refractivity contribution in [3.8, 4) is 0 Å². The minimum absolute atomic E-state index is 0.258. The highest BCUT2D eigenvalue weighted by atomic mass is 16.5. The van der Waals surface area contributed by atoms with Gasteiger partial charge in [0.1, 0.15) is 6.04 Å². The predicted molar refractivity (Wildman–Crippen MR) is 64.1 cm³/mol. The van der Waals surface area contributed by atoms with E-state index >= 15 is 0 Å². The van der Waals surface area contributed by atoms with Crippen molar-refractivity contribution in [2.75, 3.05) is 19.7 Å². The van der Waals surface area contributed by atoms with Gasteiger partial charge in [-0.15, -0.1) is 0 Å². The average molecular weight is 228 g/mol. The number of carbonyl (C=O) groups is 1. The van der Waals surface area contributed by atoms with Crippen molar-refractivity contribution in [1.82, 2.24) is 4.90 Å². The molecule has 1 aliphatic rings. The Morgan fingerprint density at radius 3 is 2.75 bits per heavy atom. The van der Waals surface area contributed by atoms with Crippen molar-refractivity contribution in [3.63, 3.8) is 0 Å². The minimum atomic E-state index is -0.476. The first kappa shape index (κ1) is 13.5. The third-order valence-corrected chi connectivity index (χ3v) is 3.37. The molecule has 2 N–H and O–H groups in total. The molecule has 1 heterocycles. The van der Waals surface area contributed by atoms with Crippen molar-refractivity contribution in [3.05, 3.63) is 0 Å². The molecule has 0 bridgehead atoms. The molecule has 0 radical (unpaired) electrons. The van der Waals surface area contributed by atoms with E-state index in [1.54, 1.807) is 6.92 Å². The highest BCUT2D eigenvalue weighted by Gasteiger charge is 2.31. The molecule has 4 nitrogen and oxygen atoms in total. The van der Waals surface area contributed by atoms with Gasteiger partial charge in [-0.05, 0) is 46.6 Å². The summed E-state index contributed by atoms with van der Waals surface area (Å²) >= 11 is 0. The molecule has 1 atom stereocenters. The Morgan fingerprint density at radius 2 is 2.25 bits per heavy atom. The maximum Gasteiger partial charge on any atom is 0.322 e. The van der Waals surface area contributed by atoms with Gasteiger partial charge in [0, 0.05) is 12.1 Å². The smallest absolute Gasteiger partial charge is 0.322 e. The fraction of sp³-hybridized carbons (Fsp3) is 0.917. The van der Waals surface area contributed by atoms with Crippen LogP contribution < -0.4 is 5.73 Å². The molecule has 16 heavy (non-hydrogen) atoms. The van der Waals surface area contributed by atoms with Crippen LogP contribution in [0.2, 0.25) is 0 Å². The van der Waals surface area contributed by atoms with E-state index in [1.807, 2.05) is 0 Å². The van der Waals surface area contributed by atoms with Crippen LogP contribution in [-0.2, 0) is 9.53 Å². The molecule has 0 saturated carbocycles. The van der Waals surface area contributed by atoms with Crippen LogP contribution in [0, 0.1) is 0 Å². The van der Waals surface area contributed by atoms with Crippen LogP contribution in [0.3, 0.4) is 0 Å². The van der Waals surface area contributed by atoms with Crippen LogP contribution >= 0.6 is 0 Å². The zero-order chi connectivity index (χ0) is 12.2. The molecule has 0 aromatic heterocycles. The Labute approximate surface area is 98.1 Å². The lowest BCUT2D eigenvalue weighted by Gasteiger charge is -2.32. The minimum Gasteiger partial charge on any atom is -0.465 e. The van der Waals surface area contributed by atoms with Crippen molar-refractivity contribution < 1.29 is 9.53 Å². The molecule has 1 saturated heterocycles. The molecule has 0 aliphatic carbocycles. The fourth-order valence-corrected chi connectivity index (χ4v) is 2.24. The molecule has 1 aliphatic heterocycles. The first-order valence-corrected chi connectivity index (χ1v) is 6.14. The lowest BCUT2D eigenvalue weighted by atomic mass is 10.0. The summed E-state index contributed by atoms with van der Waals surface area (Å²) in [6.45, 7) is 8.69. The Bertz CT molecular complexity index is 241. The number of likely N-dealkylation sites (tertiary alicyclic amines) is 1. The van der Waals surface area contributed by atoms with E-state index < -0.39 is 6.04 Å². The van der Waals surface area contributed by atoms with E-state index in [1.165, 1.54) is 12.8 Å². The number of hydrogen-bond donors (Lipinski definition) is 1. The van der Waals surface area contributed by atoms with Gasteiger partial charge in [-0.3, -0.25) is 9.69 Å². The maximum absolute atomic E-state index is 11.3. The normalized spacial score (nSPS) is 22.0. The second kappa shape index (κ2) is 5.64. The van der Waals surface area contributed by atoms with Crippen LogP contribution in [0.1, 0.15) is 40.0 Å². The summed E-state index contributed by atoms with van der Waals surface area (Å²) in [5, 5.41) is 0. The van der Waals surface area contributed by atoms with Gasteiger partial charge in [0.25, 0.3) is 0 Å². The summed E-state index contributed by atoms with van der Waals surface area (Å²) in [6.07, 6.45) is 3.14. The summed E-state index contributed by atoms with van der Waals surface area (Å²) in [5.41, 5.74) is 6.03. The Hall–Kier alpha value is -0.610. The Morgan fingerprint density at radius 1 is 1.56 bits per heavy atom. The lowest BCUT2D eigenvalue weighted by molar-refractivity contribution is -0.144. The van der Waals surface area contributed by atoms with E-state index in [2.05, 4.69) is 18.7 Å². The number of hydrogen-bond acceptors (Lipinski definition) is 4. The molecule has 0 amide bonds. The van der Waals surface area contributed by atoms with Crippen molar-refractivity contribution >= 4 is 5.97 Å². The average Bonchev–Trinajstić information content (AvgIpc) is 2.54. The van der Waals surface area contributed by atoms with Crippen LogP contribution in [-0.4, -0.2) is 42.1 Å². The number of nitrogens with two attached hydrogens (primary N) is 1. The van der Waals surface area contributed by atoms with Gasteiger partial charge in [0.15, 0.2) is 0 Å². The molecule has 0 spiro atoms. The monoisotopic (exact) mass is 228 g/mol. The van der Waals surface area contributed by atoms with Gasteiger partial charge in [0.2, 0.25) is 0 Å². The molecule has 1 fully saturated rings. The maximum atomic E-state index is 11.3. The van der Waals surface area contributed by atoms with E-state index in [-0.39, 0.29) is 11.5 Å². The highest BCUT2D eigenvalue weighted by Crippen LogP contribution is 2.28. The molecular formula is C12H24N2O2. The fourth-order valence-electron chi connectivity index (χ4n) is 2.24. The molecular weight excluding hydrogens is 204 g/mol. The first-order chi connectivity index (χ1) is 7.47. The summed E-state index contributed by atoms with van der Waals surface area (Å²) in [6, 6.07) is -0.476. The number of esters is 1. The first-order valence-electron chi connectivity index (χ1n) is 6.14. The second-order valence-electron chi connectivity index (χ2n) is 5.05. The highest BCUT2D eigenvalue weighted by molar-refractivity contribution is 5.75. The predicted octanol–water partition coefficient (Wildman–Crippen LogP) is 1.14. The van der Waals surface area contributed by atoms with Crippen molar-refractivity contribution in [2.45, 2.75) is 51.6 Å². The zero-order valence-corrected chi connectivity index (χ0v) is 10.7. The number of ether oxygens (including phenoxy) is 1. The lowest BCUT2D eigenvalue weighted by Crippen LogP contribution is -2.42. The SMILES string of the molecule is CCOC(=O)C(N)CCN1CCCC1(C)C. The number of nitrogens with zero attached hydrogens (tertiary/aromatic N) is 1. The van der Waals surface area contributed by atoms with Gasteiger partial charge in [-0.2, -0.15) is 0 Å². The van der Waals surface area contributed by atoms with E-state index in [9.17, 15) is 4.79 Å². The Kier molecular flexibility index (Phi) is 4.74. The van der Waals surface area contributed by atoms with E-state index in [0.717, 1.165) is 13.1 Å². The summed E-state index contributed by atoms with van der Waals surface area (Å²) in [4.78, 5) is 13.8. The van der Waals surface area contributed by atoms with Crippen molar-refractivity contribution in [1.29, 1.82) is 0 Å². The van der Waals surface area contributed by atoms with Gasteiger partial charge < -0.3 is 10.5 Å². The third-order valence-electron chi connectivity index (χ3n) is 3.37. The van der Waals surface area contributed by atoms with Gasteiger partial charge >= 0.3 is 5.97 Å². The zero-order valence-electron chi connectivity index (χ0n) is 10.7. The second-order valence-corrected chi connectivity index (χ2v) is 5.05. The quantitative estimate of drug-likeness (QED) is 0.717. The molecule has 0 aromatic rings. The number of rotatable bonds is 5.